The van der Waals surface area contributed by atoms with Gasteiger partial charge in [-0.2, -0.15) is 0 Å². The Bertz CT molecular complexity index is 900. The van der Waals surface area contributed by atoms with Crippen molar-refractivity contribution in [3.8, 4) is 0 Å². The molecule has 1 amide bonds. The van der Waals surface area contributed by atoms with E-state index >= 15 is 0 Å². The van der Waals surface area contributed by atoms with Gasteiger partial charge in [0.05, 0.1) is 5.52 Å². The quantitative estimate of drug-likeness (QED) is 0.732. The van der Waals surface area contributed by atoms with Gasteiger partial charge < -0.3 is 5.32 Å². The van der Waals surface area contributed by atoms with Gasteiger partial charge >= 0.3 is 0 Å². The van der Waals surface area contributed by atoms with Crippen molar-refractivity contribution in [1.29, 1.82) is 0 Å². The van der Waals surface area contributed by atoms with E-state index in [0.29, 0.717) is 16.5 Å². The molecule has 6 heteroatoms. The Balaban J connectivity index is 1.66. The molecule has 5 nitrogen and oxygen atoms in total. The molecule has 1 aliphatic rings. The van der Waals surface area contributed by atoms with Crippen molar-refractivity contribution in [1.82, 2.24) is 20.3 Å². The molecule has 26 heavy (non-hydrogen) atoms. The Hall–Kier alpha value is -2.40. The molecule has 4 rings (SSSR count). The van der Waals surface area contributed by atoms with Crippen molar-refractivity contribution in [2.24, 2.45) is 5.92 Å². The summed E-state index contributed by atoms with van der Waals surface area (Å²) in [6.45, 7) is 0. The zero-order chi connectivity index (χ0) is 17.9. The second-order valence-corrected chi connectivity index (χ2v) is 7.28. The summed E-state index contributed by atoms with van der Waals surface area (Å²) in [6.07, 6.45) is 5.59. The van der Waals surface area contributed by atoms with Gasteiger partial charge in [-0.15, -0.1) is 5.10 Å². The Kier molecular flexibility index (Phi) is 4.89. The molecule has 0 bridgehead atoms. The summed E-state index contributed by atoms with van der Waals surface area (Å²) in [5.74, 6) is 0.238. The number of hydrogen-bond donors (Lipinski definition) is 1. The number of hydrogen-bond acceptors (Lipinski definition) is 3. The van der Waals surface area contributed by atoms with E-state index in [1.807, 2.05) is 28.9 Å². The highest BCUT2D eigenvalue weighted by molar-refractivity contribution is 6.30. The summed E-state index contributed by atoms with van der Waals surface area (Å²) in [7, 11) is 0. The van der Waals surface area contributed by atoms with Crippen molar-refractivity contribution in [3.05, 3.63) is 59.1 Å². The zero-order valence-corrected chi connectivity index (χ0v) is 15.2. The molecular weight excluding hydrogens is 348 g/mol. The van der Waals surface area contributed by atoms with Crippen LogP contribution in [0.25, 0.3) is 11.0 Å². The van der Waals surface area contributed by atoms with Crippen molar-refractivity contribution in [2.45, 2.75) is 38.3 Å². The molecule has 1 N–H and O–H groups in total. The van der Waals surface area contributed by atoms with Crippen LogP contribution in [0.4, 0.5) is 0 Å². The van der Waals surface area contributed by atoms with Crippen LogP contribution < -0.4 is 5.32 Å². The number of amides is 1. The van der Waals surface area contributed by atoms with Crippen LogP contribution in [0.15, 0.2) is 48.5 Å². The monoisotopic (exact) mass is 368 g/mol. The van der Waals surface area contributed by atoms with E-state index in [0.717, 1.165) is 23.9 Å². The molecular formula is C20H21ClN4O. The van der Waals surface area contributed by atoms with Crippen LogP contribution in [0.5, 0.6) is 0 Å². The Morgan fingerprint density at radius 2 is 1.81 bits per heavy atom. The van der Waals surface area contributed by atoms with Crippen LogP contribution in [-0.4, -0.2) is 20.9 Å². The third-order valence-electron chi connectivity index (χ3n) is 5.12. The standard InChI is InChI=1S/C20H21ClN4O/c21-16-12-10-15(11-13-16)20(26)22-19(14-6-2-1-3-7-14)25-18-9-5-4-8-17(18)23-24-25/h4-5,8-14,19H,1-3,6-7H2,(H,22,26). The molecule has 1 unspecified atom stereocenters. The summed E-state index contributed by atoms with van der Waals surface area (Å²) in [5, 5.41) is 12.4. The Morgan fingerprint density at radius 3 is 2.58 bits per heavy atom. The van der Waals surface area contributed by atoms with Crippen LogP contribution in [-0.2, 0) is 0 Å². The van der Waals surface area contributed by atoms with Gasteiger partial charge in [0.25, 0.3) is 5.91 Å². The highest BCUT2D eigenvalue weighted by atomic mass is 35.5. The van der Waals surface area contributed by atoms with E-state index in [-0.39, 0.29) is 12.1 Å². The summed E-state index contributed by atoms with van der Waals surface area (Å²) in [5.41, 5.74) is 2.38. The molecule has 2 aromatic carbocycles. The topological polar surface area (TPSA) is 59.8 Å². The van der Waals surface area contributed by atoms with Crippen LogP contribution in [0.2, 0.25) is 5.02 Å². The summed E-state index contributed by atoms with van der Waals surface area (Å²) in [4.78, 5) is 12.8. The first-order chi connectivity index (χ1) is 12.7. The molecule has 0 radical (unpaired) electrons. The highest BCUT2D eigenvalue weighted by Crippen LogP contribution is 2.32. The summed E-state index contributed by atoms with van der Waals surface area (Å²) in [6, 6.07) is 14.8. The van der Waals surface area contributed by atoms with Crippen LogP contribution >= 0.6 is 11.6 Å². The van der Waals surface area contributed by atoms with Crippen LogP contribution in [0.1, 0.15) is 48.6 Å². The predicted molar refractivity (Wildman–Crippen MR) is 102 cm³/mol. The van der Waals surface area contributed by atoms with E-state index in [9.17, 15) is 4.79 Å². The molecule has 1 saturated carbocycles. The lowest BCUT2D eigenvalue weighted by atomic mass is 9.86. The molecule has 0 spiro atoms. The molecule has 0 saturated heterocycles. The second kappa shape index (κ2) is 7.46. The van der Waals surface area contributed by atoms with Crippen molar-refractivity contribution in [3.63, 3.8) is 0 Å². The lowest BCUT2D eigenvalue weighted by molar-refractivity contribution is 0.0868. The Labute approximate surface area is 157 Å². The van der Waals surface area contributed by atoms with Crippen molar-refractivity contribution >= 4 is 28.5 Å². The van der Waals surface area contributed by atoms with Gasteiger partial charge in [-0.25, -0.2) is 4.68 Å². The predicted octanol–water partition coefficient (Wildman–Crippen LogP) is 4.59. The third-order valence-corrected chi connectivity index (χ3v) is 5.37. The number of aromatic nitrogens is 3. The fourth-order valence-electron chi connectivity index (χ4n) is 3.74. The van der Waals surface area contributed by atoms with Crippen molar-refractivity contribution in [2.75, 3.05) is 0 Å². The lowest BCUT2D eigenvalue weighted by Gasteiger charge is -2.31. The van der Waals surface area contributed by atoms with Gasteiger partial charge in [-0.05, 0) is 55.2 Å². The Morgan fingerprint density at radius 1 is 1.08 bits per heavy atom. The average Bonchev–Trinajstić information content (AvgIpc) is 3.11. The summed E-state index contributed by atoms with van der Waals surface area (Å²) >= 11 is 5.94. The molecule has 1 fully saturated rings. The normalized spacial score (nSPS) is 16.5. The van der Waals surface area contributed by atoms with E-state index in [2.05, 4.69) is 15.6 Å². The second-order valence-electron chi connectivity index (χ2n) is 6.85. The third kappa shape index (κ3) is 3.44. The smallest absolute Gasteiger partial charge is 0.252 e. The fraction of sp³-hybridized carbons (Fsp3) is 0.350. The number of halogens is 1. The van der Waals surface area contributed by atoms with E-state index in [1.54, 1.807) is 24.3 Å². The van der Waals surface area contributed by atoms with Gasteiger partial charge in [-0.3, -0.25) is 4.79 Å². The average molecular weight is 369 g/mol. The minimum absolute atomic E-state index is 0.114. The number of benzene rings is 2. The van der Waals surface area contributed by atoms with Crippen LogP contribution in [0, 0.1) is 5.92 Å². The molecule has 1 aliphatic carbocycles. The number of para-hydroxylation sites is 1. The summed E-state index contributed by atoms with van der Waals surface area (Å²) < 4.78 is 1.87. The van der Waals surface area contributed by atoms with Crippen molar-refractivity contribution < 1.29 is 4.79 Å². The maximum absolute atomic E-state index is 12.8. The number of carbonyl (C=O) groups is 1. The minimum atomic E-state index is -0.203. The van der Waals surface area contributed by atoms with Crippen LogP contribution in [0.3, 0.4) is 0 Å². The van der Waals surface area contributed by atoms with Gasteiger partial charge in [0.15, 0.2) is 0 Å². The number of fused-ring (bicyclic) bond motifs is 1. The van der Waals surface area contributed by atoms with E-state index in [1.165, 1.54) is 19.3 Å². The van der Waals surface area contributed by atoms with E-state index in [4.69, 9.17) is 11.6 Å². The number of carbonyl (C=O) groups excluding carboxylic acids is 1. The number of nitrogens with one attached hydrogen (secondary N) is 1. The highest BCUT2D eigenvalue weighted by Gasteiger charge is 2.29. The zero-order valence-electron chi connectivity index (χ0n) is 14.4. The molecule has 1 aromatic heterocycles. The van der Waals surface area contributed by atoms with Gasteiger partial charge in [-0.1, -0.05) is 48.2 Å². The molecule has 1 heterocycles. The van der Waals surface area contributed by atoms with Gasteiger partial charge in [0, 0.05) is 10.6 Å². The molecule has 0 aliphatic heterocycles. The molecule has 134 valence electrons. The maximum Gasteiger partial charge on any atom is 0.252 e. The van der Waals surface area contributed by atoms with Gasteiger partial charge in [0.1, 0.15) is 11.7 Å². The fourth-order valence-corrected chi connectivity index (χ4v) is 3.87. The first-order valence-corrected chi connectivity index (χ1v) is 9.46. The molecule has 1 atom stereocenters. The molecule has 3 aromatic rings. The van der Waals surface area contributed by atoms with E-state index < -0.39 is 0 Å². The first kappa shape index (κ1) is 17.0. The number of nitrogens with zero attached hydrogens (tertiary/aromatic N) is 3. The SMILES string of the molecule is O=C(NC(C1CCCCC1)n1nnc2ccccc21)c1ccc(Cl)cc1. The van der Waals surface area contributed by atoms with Gasteiger partial charge in [0.2, 0.25) is 0 Å². The first-order valence-electron chi connectivity index (χ1n) is 9.09. The largest absolute Gasteiger partial charge is 0.330 e. The number of rotatable bonds is 4. The maximum atomic E-state index is 12.8. The lowest BCUT2D eigenvalue weighted by Crippen LogP contribution is -2.38. The minimum Gasteiger partial charge on any atom is -0.330 e.